The van der Waals surface area contributed by atoms with Crippen LogP contribution in [0.2, 0.25) is 0 Å². The van der Waals surface area contributed by atoms with Crippen molar-refractivity contribution in [2.75, 3.05) is 6.54 Å². The van der Waals surface area contributed by atoms with Crippen molar-refractivity contribution in [3.63, 3.8) is 0 Å². The molecule has 124 valence electrons. The fourth-order valence-corrected chi connectivity index (χ4v) is 1.72. The molecule has 21 heavy (non-hydrogen) atoms. The first-order valence-electron chi connectivity index (χ1n) is 7.05. The Morgan fingerprint density at radius 2 is 1.43 bits per heavy atom. The van der Waals surface area contributed by atoms with Crippen molar-refractivity contribution in [2.24, 2.45) is 0 Å². The fourth-order valence-electron chi connectivity index (χ4n) is 1.72. The van der Waals surface area contributed by atoms with E-state index in [0.717, 1.165) is 32.1 Å². The number of hydrogen-bond acceptors (Lipinski definition) is 6. The maximum atomic E-state index is 11.5. The third kappa shape index (κ3) is 7.37. The van der Waals surface area contributed by atoms with Crippen LogP contribution in [0.1, 0.15) is 39.0 Å². The topological polar surface area (TPSA) is 147 Å². The molecule has 0 radical (unpaired) electrons. The summed E-state index contributed by atoms with van der Waals surface area (Å²) in [4.78, 5) is 21.9. The molecule has 0 aromatic rings. The second-order valence-corrected chi connectivity index (χ2v) is 4.91. The minimum Gasteiger partial charge on any atom is -0.479 e. The molecule has 0 saturated carbocycles. The lowest BCUT2D eigenvalue weighted by Gasteiger charge is -2.23. The summed E-state index contributed by atoms with van der Waals surface area (Å²) in [5.74, 6) is -2.68. The Balaban J connectivity index is 4.10. The minimum absolute atomic E-state index is 0.309. The van der Waals surface area contributed by atoms with E-state index in [0.29, 0.717) is 6.54 Å². The molecular weight excluding hydrogens is 282 g/mol. The van der Waals surface area contributed by atoms with E-state index < -0.39 is 36.3 Å². The zero-order valence-electron chi connectivity index (χ0n) is 12.1. The number of carbonyl (C=O) groups excluding carboxylic acids is 1. The molecular formula is C13H25NO7. The highest BCUT2D eigenvalue weighted by Gasteiger charge is 2.37. The molecule has 0 fully saturated rings. The van der Waals surface area contributed by atoms with Crippen molar-refractivity contribution >= 4 is 11.9 Å². The van der Waals surface area contributed by atoms with Gasteiger partial charge in [0.25, 0.3) is 5.91 Å². The second kappa shape index (κ2) is 10.5. The largest absolute Gasteiger partial charge is 0.479 e. The Morgan fingerprint density at radius 1 is 0.905 bits per heavy atom. The van der Waals surface area contributed by atoms with Crippen LogP contribution in [-0.4, -0.2) is 68.4 Å². The van der Waals surface area contributed by atoms with E-state index in [9.17, 15) is 24.9 Å². The van der Waals surface area contributed by atoms with Gasteiger partial charge in [0.15, 0.2) is 12.2 Å². The first-order chi connectivity index (χ1) is 9.82. The number of aliphatic hydroxyl groups is 4. The lowest BCUT2D eigenvalue weighted by Crippen LogP contribution is -2.52. The standard InChI is InChI=1S/C13H25NO7/c1-2-3-4-5-6-7-14-12(19)10(17)8(15)9(16)11(18)13(20)21/h8-11,15-18H,2-7H2,1H3,(H,14,19)(H,20,21)/t8-,9-,10+,11-/m1/s1. The summed E-state index contributed by atoms with van der Waals surface area (Å²) in [5, 5.41) is 48.2. The number of carboxylic acids is 1. The van der Waals surface area contributed by atoms with Crippen molar-refractivity contribution < 1.29 is 35.1 Å². The molecule has 4 atom stereocenters. The highest BCUT2D eigenvalue weighted by atomic mass is 16.4. The van der Waals surface area contributed by atoms with Crippen LogP contribution in [-0.2, 0) is 9.59 Å². The quantitative estimate of drug-likeness (QED) is 0.257. The molecule has 0 saturated heterocycles. The minimum atomic E-state index is -2.28. The van der Waals surface area contributed by atoms with Crippen LogP contribution in [0.5, 0.6) is 0 Å². The molecule has 8 heteroatoms. The van der Waals surface area contributed by atoms with E-state index in [2.05, 4.69) is 12.2 Å². The third-order valence-electron chi connectivity index (χ3n) is 3.10. The molecule has 0 bridgehead atoms. The fraction of sp³-hybridized carbons (Fsp3) is 0.846. The van der Waals surface area contributed by atoms with Crippen LogP contribution in [0, 0.1) is 0 Å². The molecule has 0 aliphatic rings. The molecule has 1 amide bonds. The van der Waals surface area contributed by atoms with Gasteiger partial charge in [0, 0.05) is 6.54 Å². The van der Waals surface area contributed by atoms with Crippen LogP contribution in [0.4, 0.5) is 0 Å². The van der Waals surface area contributed by atoms with Crippen LogP contribution < -0.4 is 5.32 Å². The predicted molar refractivity (Wildman–Crippen MR) is 73.4 cm³/mol. The molecule has 0 aliphatic heterocycles. The first kappa shape index (κ1) is 19.8. The zero-order chi connectivity index (χ0) is 16.4. The monoisotopic (exact) mass is 307 g/mol. The summed E-state index contributed by atoms with van der Waals surface area (Å²) in [6.07, 6.45) is -3.65. The highest BCUT2D eigenvalue weighted by Crippen LogP contribution is 2.06. The summed E-state index contributed by atoms with van der Waals surface area (Å²) in [6, 6.07) is 0. The van der Waals surface area contributed by atoms with Crippen molar-refractivity contribution in [3.8, 4) is 0 Å². The van der Waals surface area contributed by atoms with Gasteiger partial charge in [0.1, 0.15) is 12.2 Å². The Kier molecular flexibility index (Phi) is 9.89. The first-order valence-corrected chi connectivity index (χ1v) is 7.05. The van der Waals surface area contributed by atoms with Gasteiger partial charge in [-0.2, -0.15) is 0 Å². The molecule has 0 heterocycles. The van der Waals surface area contributed by atoms with Crippen LogP contribution >= 0.6 is 0 Å². The van der Waals surface area contributed by atoms with Crippen molar-refractivity contribution in [2.45, 2.75) is 63.4 Å². The van der Waals surface area contributed by atoms with E-state index in [1.54, 1.807) is 0 Å². The SMILES string of the molecule is CCCCCCCNC(=O)[C@@H](O)[C@H](O)[C@@H](O)[C@@H](O)C(=O)O. The number of hydrogen-bond donors (Lipinski definition) is 6. The normalized spacial score (nSPS) is 16.8. The molecule has 0 spiro atoms. The van der Waals surface area contributed by atoms with Crippen molar-refractivity contribution in [1.29, 1.82) is 0 Å². The van der Waals surface area contributed by atoms with Crippen LogP contribution in [0.25, 0.3) is 0 Å². The second-order valence-electron chi connectivity index (χ2n) is 4.91. The summed E-state index contributed by atoms with van der Waals surface area (Å²) < 4.78 is 0. The van der Waals surface area contributed by atoms with Gasteiger partial charge in [0.2, 0.25) is 0 Å². The molecule has 6 N–H and O–H groups in total. The number of amides is 1. The number of unbranched alkanes of at least 4 members (excludes halogenated alkanes) is 4. The zero-order valence-corrected chi connectivity index (χ0v) is 12.1. The summed E-state index contributed by atoms with van der Waals surface area (Å²) in [6.45, 7) is 2.39. The van der Waals surface area contributed by atoms with Gasteiger partial charge >= 0.3 is 5.97 Å². The summed E-state index contributed by atoms with van der Waals surface area (Å²) >= 11 is 0. The number of aliphatic hydroxyl groups excluding tert-OH is 4. The Bertz CT molecular complexity index is 324. The van der Waals surface area contributed by atoms with Gasteiger partial charge in [-0.3, -0.25) is 4.79 Å². The Labute approximate surface area is 123 Å². The van der Waals surface area contributed by atoms with Crippen LogP contribution in [0.3, 0.4) is 0 Å². The number of aliphatic carboxylic acids is 1. The number of rotatable bonds is 11. The van der Waals surface area contributed by atoms with Gasteiger partial charge in [-0.1, -0.05) is 32.6 Å². The molecule has 8 nitrogen and oxygen atoms in total. The van der Waals surface area contributed by atoms with Gasteiger partial charge in [0.05, 0.1) is 0 Å². The summed E-state index contributed by atoms with van der Waals surface area (Å²) in [7, 11) is 0. The number of carboxylic acid groups (broad SMARTS) is 1. The van der Waals surface area contributed by atoms with E-state index in [-0.39, 0.29) is 0 Å². The van der Waals surface area contributed by atoms with Gasteiger partial charge in [-0.15, -0.1) is 0 Å². The average molecular weight is 307 g/mol. The van der Waals surface area contributed by atoms with Gasteiger partial charge in [-0.05, 0) is 6.42 Å². The lowest BCUT2D eigenvalue weighted by atomic mass is 10.0. The molecule has 0 unspecified atom stereocenters. The van der Waals surface area contributed by atoms with Crippen LogP contribution in [0.15, 0.2) is 0 Å². The highest BCUT2D eigenvalue weighted by molar-refractivity contribution is 5.81. The smallest absolute Gasteiger partial charge is 0.335 e. The Morgan fingerprint density at radius 3 is 1.95 bits per heavy atom. The maximum Gasteiger partial charge on any atom is 0.335 e. The maximum absolute atomic E-state index is 11.5. The molecule has 0 rings (SSSR count). The summed E-state index contributed by atoms with van der Waals surface area (Å²) in [5.41, 5.74) is 0. The average Bonchev–Trinajstić information content (AvgIpc) is 2.47. The van der Waals surface area contributed by atoms with E-state index in [1.807, 2.05) is 0 Å². The molecule has 0 aromatic carbocycles. The lowest BCUT2D eigenvalue weighted by molar-refractivity contribution is -0.166. The van der Waals surface area contributed by atoms with E-state index >= 15 is 0 Å². The third-order valence-corrected chi connectivity index (χ3v) is 3.10. The number of carbonyl (C=O) groups is 2. The molecule has 0 aliphatic carbocycles. The van der Waals surface area contributed by atoms with Gasteiger partial charge in [-0.25, -0.2) is 4.79 Å². The van der Waals surface area contributed by atoms with E-state index in [4.69, 9.17) is 10.2 Å². The molecule has 0 aromatic heterocycles. The predicted octanol–water partition coefficient (Wildman–Crippen LogP) is -1.40. The Hall–Kier alpha value is -1.22. The van der Waals surface area contributed by atoms with Crippen molar-refractivity contribution in [3.05, 3.63) is 0 Å². The number of nitrogens with one attached hydrogen (secondary N) is 1. The van der Waals surface area contributed by atoms with Crippen molar-refractivity contribution in [1.82, 2.24) is 5.32 Å². The van der Waals surface area contributed by atoms with Gasteiger partial charge < -0.3 is 30.8 Å². The van der Waals surface area contributed by atoms with E-state index in [1.165, 1.54) is 0 Å².